The van der Waals surface area contributed by atoms with Gasteiger partial charge in [-0.2, -0.15) is 5.10 Å². The maximum atomic E-state index is 14.2. The highest BCUT2D eigenvalue weighted by Gasteiger charge is 2.32. The van der Waals surface area contributed by atoms with Gasteiger partial charge < -0.3 is 9.64 Å². The van der Waals surface area contributed by atoms with Crippen LogP contribution in [0.1, 0.15) is 92.5 Å². The third-order valence-corrected chi connectivity index (χ3v) is 7.80. The predicted octanol–water partition coefficient (Wildman–Crippen LogP) is 6.78. The van der Waals surface area contributed by atoms with Gasteiger partial charge in [0.15, 0.2) is 0 Å². The van der Waals surface area contributed by atoms with Crippen LogP contribution in [0.2, 0.25) is 0 Å². The highest BCUT2D eigenvalue weighted by molar-refractivity contribution is 5.98. The molecule has 0 bridgehead atoms. The molecule has 2 aliphatic rings. The molecular formula is C30H37N3O2. The Morgan fingerprint density at radius 2 is 1.86 bits per heavy atom. The van der Waals surface area contributed by atoms with Crippen molar-refractivity contribution >= 4 is 11.6 Å². The maximum absolute atomic E-state index is 14.2. The third kappa shape index (κ3) is 5.00. The standard InChI is InChI=1S/C30H37N3O2/c1-21(2)23-11-14-25(15-12-23)32(19-22-18-31-33(20-22)26-8-4-5-9-26)30(34)28-10-6-7-24-13-16-27(35-3)17-29(24)28/h11-18,20-21,26,28H,4-10,19H2,1-3H3. The number of carbonyl (C=O) groups is 1. The van der Waals surface area contributed by atoms with Crippen molar-refractivity contribution in [3.05, 3.63) is 77.1 Å². The highest BCUT2D eigenvalue weighted by Crippen LogP contribution is 2.37. The van der Waals surface area contributed by atoms with Gasteiger partial charge in [0.1, 0.15) is 5.75 Å². The number of aryl methyl sites for hydroxylation is 1. The summed E-state index contributed by atoms with van der Waals surface area (Å²) in [6.45, 7) is 4.92. The fourth-order valence-electron chi connectivity index (χ4n) is 5.69. The summed E-state index contributed by atoms with van der Waals surface area (Å²) in [5.41, 5.74) is 5.69. The summed E-state index contributed by atoms with van der Waals surface area (Å²) < 4.78 is 7.62. The van der Waals surface area contributed by atoms with Crippen LogP contribution in [0.4, 0.5) is 5.69 Å². The quantitative estimate of drug-likeness (QED) is 0.381. The minimum atomic E-state index is -0.163. The summed E-state index contributed by atoms with van der Waals surface area (Å²) in [6.07, 6.45) is 11.9. The van der Waals surface area contributed by atoms with E-state index in [9.17, 15) is 4.79 Å². The van der Waals surface area contributed by atoms with Gasteiger partial charge >= 0.3 is 0 Å². The number of nitrogens with zero attached hydrogens (tertiary/aromatic N) is 3. The van der Waals surface area contributed by atoms with E-state index in [-0.39, 0.29) is 11.8 Å². The Kier molecular flexibility index (Phi) is 6.94. The van der Waals surface area contributed by atoms with E-state index in [0.717, 1.165) is 41.8 Å². The Bertz CT molecular complexity index is 1160. The van der Waals surface area contributed by atoms with Crippen molar-refractivity contribution < 1.29 is 9.53 Å². The molecule has 1 aromatic heterocycles. The van der Waals surface area contributed by atoms with Gasteiger partial charge in [-0.05, 0) is 79.0 Å². The number of benzene rings is 2. The van der Waals surface area contributed by atoms with Crippen molar-refractivity contribution in [2.75, 3.05) is 12.0 Å². The number of ether oxygens (including phenoxy) is 1. The van der Waals surface area contributed by atoms with Crippen molar-refractivity contribution in [1.29, 1.82) is 0 Å². The average molecular weight is 472 g/mol. The minimum Gasteiger partial charge on any atom is -0.497 e. The van der Waals surface area contributed by atoms with Crippen LogP contribution in [0.3, 0.4) is 0 Å². The van der Waals surface area contributed by atoms with Gasteiger partial charge in [0.05, 0.1) is 31.8 Å². The molecule has 3 aromatic rings. The summed E-state index contributed by atoms with van der Waals surface area (Å²) in [4.78, 5) is 16.2. The van der Waals surface area contributed by atoms with Crippen LogP contribution >= 0.6 is 0 Å². The van der Waals surface area contributed by atoms with Crippen LogP contribution < -0.4 is 9.64 Å². The lowest BCUT2D eigenvalue weighted by atomic mass is 9.81. The monoisotopic (exact) mass is 471 g/mol. The molecule has 1 atom stereocenters. The first-order chi connectivity index (χ1) is 17.0. The number of hydrogen-bond donors (Lipinski definition) is 0. The lowest BCUT2D eigenvalue weighted by Crippen LogP contribution is -2.36. The van der Waals surface area contributed by atoms with Crippen LogP contribution in [0.25, 0.3) is 0 Å². The molecule has 5 heteroatoms. The largest absolute Gasteiger partial charge is 0.497 e. The molecule has 2 aromatic carbocycles. The van der Waals surface area contributed by atoms with E-state index in [1.807, 2.05) is 17.2 Å². The molecule has 5 nitrogen and oxygen atoms in total. The van der Waals surface area contributed by atoms with Crippen LogP contribution in [-0.4, -0.2) is 22.8 Å². The molecule has 1 heterocycles. The molecule has 0 radical (unpaired) electrons. The van der Waals surface area contributed by atoms with E-state index in [4.69, 9.17) is 4.74 Å². The van der Waals surface area contributed by atoms with E-state index in [1.54, 1.807) is 7.11 Å². The van der Waals surface area contributed by atoms with Gasteiger partial charge in [-0.1, -0.05) is 44.9 Å². The van der Waals surface area contributed by atoms with Crippen LogP contribution in [0.5, 0.6) is 5.75 Å². The number of methoxy groups -OCH3 is 1. The Morgan fingerprint density at radius 3 is 2.57 bits per heavy atom. The van der Waals surface area contributed by atoms with E-state index in [1.165, 1.54) is 36.8 Å². The summed E-state index contributed by atoms with van der Waals surface area (Å²) in [5, 5.41) is 4.67. The fraction of sp³-hybridized carbons (Fsp3) is 0.467. The molecule has 2 aliphatic carbocycles. The number of rotatable bonds is 7. The molecular weight excluding hydrogens is 434 g/mol. The topological polar surface area (TPSA) is 47.4 Å². The minimum absolute atomic E-state index is 0.158. The first kappa shape index (κ1) is 23.7. The Morgan fingerprint density at radius 1 is 1.09 bits per heavy atom. The summed E-state index contributed by atoms with van der Waals surface area (Å²) >= 11 is 0. The molecule has 0 aliphatic heterocycles. The lowest BCUT2D eigenvalue weighted by Gasteiger charge is -2.31. The second-order valence-corrected chi connectivity index (χ2v) is 10.4. The maximum Gasteiger partial charge on any atom is 0.234 e. The normalized spacial score (nSPS) is 18.0. The molecule has 35 heavy (non-hydrogen) atoms. The molecule has 1 amide bonds. The second-order valence-electron chi connectivity index (χ2n) is 10.4. The number of fused-ring (bicyclic) bond motifs is 1. The van der Waals surface area contributed by atoms with Gasteiger partial charge in [0.2, 0.25) is 5.91 Å². The van der Waals surface area contributed by atoms with Crippen molar-refractivity contribution in [3.8, 4) is 5.75 Å². The Hall–Kier alpha value is -3.08. The third-order valence-electron chi connectivity index (χ3n) is 7.80. The van der Waals surface area contributed by atoms with Crippen molar-refractivity contribution in [2.24, 2.45) is 0 Å². The average Bonchev–Trinajstić information content (AvgIpc) is 3.58. The zero-order valence-corrected chi connectivity index (χ0v) is 21.2. The van der Waals surface area contributed by atoms with Gasteiger partial charge in [0, 0.05) is 17.4 Å². The number of aromatic nitrogens is 2. The van der Waals surface area contributed by atoms with Gasteiger partial charge in [0.25, 0.3) is 0 Å². The van der Waals surface area contributed by atoms with Crippen LogP contribution in [0, 0.1) is 0 Å². The fourth-order valence-corrected chi connectivity index (χ4v) is 5.69. The lowest BCUT2D eigenvalue weighted by molar-refractivity contribution is -0.120. The summed E-state index contributed by atoms with van der Waals surface area (Å²) in [5.74, 6) is 1.26. The van der Waals surface area contributed by atoms with Crippen molar-refractivity contribution in [1.82, 2.24) is 9.78 Å². The zero-order chi connectivity index (χ0) is 24.4. The molecule has 5 rings (SSSR count). The molecule has 1 saturated carbocycles. The predicted molar refractivity (Wildman–Crippen MR) is 140 cm³/mol. The Balaban J connectivity index is 1.47. The van der Waals surface area contributed by atoms with Crippen LogP contribution in [-0.2, 0) is 17.8 Å². The summed E-state index contributed by atoms with van der Waals surface area (Å²) in [7, 11) is 1.69. The van der Waals surface area contributed by atoms with E-state index >= 15 is 0 Å². The first-order valence-corrected chi connectivity index (χ1v) is 13.1. The first-order valence-electron chi connectivity index (χ1n) is 13.1. The SMILES string of the molecule is COc1ccc2c(c1)C(C(=O)N(Cc1cnn(C3CCCC3)c1)c1ccc(C(C)C)cc1)CCC2. The molecule has 0 saturated heterocycles. The van der Waals surface area contributed by atoms with Crippen molar-refractivity contribution in [2.45, 2.75) is 83.2 Å². The number of carbonyl (C=O) groups excluding carboxylic acids is 1. The molecule has 0 spiro atoms. The van der Waals surface area contributed by atoms with E-state index in [2.05, 4.69) is 66.2 Å². The van der Waals surface area contributed by atoms with Gasteiger partial charge in [-0.15, -0.1) is 0 Å². The number of hydrogen-bond acceptors (Lipinski definition) is 3. The van der Waals surface area contributed by atoms with Gasteiger partial charge in [-0.25, -0.2) is 0 Å². The van der Waals surface area contributed by atoms with Crippen LogP contribution in [0.15, 0.2) is 54.9 Å². The second kappa shape index (κ2) is 10.3. The molecule has 1 fully saturated rings. The van der Waals surface area contributed by atoms with Crippen molar-refractivity contribution in [3.63, 3.8) is 0 Å². The van der Waals surface area contributed by atoms with Gasteiger partial charge in [-0.3, -0.25) is 9.48 Å². The zero-order valence-electron chi connectivity index (χ0n) is 21.2. The summed E-state index contributed by atoms with van der Waals surface area (Å²) in [6, 6.07) is 15.2. The molecule has 1 unspecified atom stereocenters. The number of anilines is 1. The van der Waals surface area contributed by atoms with E-state index < -0.39 is 0 Å². The Labute approximate surface area is 209 Å². The molecule has 184 valence electrons. The highest BCUT2D eigenvalue weighted by atomic mass is 16.5. The van der Waals surface area contributed by atoms with E-state index in [0.29, 0.717) is 18.5 Å². The number of amides is 1. The smallest absolute Gasteiger partial charge is 0.234 e. The molecule has 0 N–H and O–H groups in total.